The number of hydrogen-bond donors (Lipinski definition) is 1. The van der Waals surface area contributed by atoms with Crippen LogP contribution in [0.4, 0.5) is 14.5 Å². The van der Waals surface area contributed by atoms with Crippen molar-refractivity contribution in [3.8, 4) is 5.75 Å². The topological polar surface area (TPSA) is 39.1 Å². The summed E-state index contributed by atoms with van der Waals surface area (Å²) in [6, 6.07) is 6.61. The van der Waals surface area contributed by atoms with Gasteiger partial charge in [0.1, 0.15) is 5.75 Å². The summed E-state index contributed by atoms with van der Waals surface area (Å²) in [5, 5.41) is 7.28. The predicted molar refractivity (Wildman–Crippen MR) is 68.3 cm³/mol. The van der Waals surface area contributed by atoms with E-state index in [9.17, 15) is 8.78 Å². The van der Waals surface area contributed by atoms with Crippen LogP contribution >= 0.6 is 0 Å². The minimum Gasteiger partial charge on any atom is -0.435 e. The number of aryl methyl sites for hydroxylation is 1. The molecule has 0 aliphatic heterocycles. The molecule has 0 radical (unpaired) electrons. The van der Waals surface area contributed by atoms with Crippen molar-refractivity contribution in [3.05, 3.63) is 42.2 Å². The summed E-state index contributed by atoms with van der Waals surface area (Å²) >= 11 is 0. The van der Waals surface area contributed by atoms with E-state index < -0.39 is 6.61 Å². The molecule has 1 N–H and O–H groups in total. The molecule has 1 aromatic heterocycles. The Morgan fingerprint density at radius 3 is 2.79 bits per heavy atom. The maximum atomic E-state index is 12.2. The van der Waals surface area contributed by atoms with Gasteiger partial charge in [-0.1, -0.05) is 12.1 Å². The van der Waals surface area contributed by atoms with Crippen LogP contribution in [0, 0.1) is 0 Å². The van der Waals surface area contributed by atoms with E-state index in [2.05, 4.69) is 15.2 Å². The number of anilines is 1. The Bertz CT molecular complexity index is 542. The van der Waals surface area contributed by atoms with Gasteiger partial charge in [-0.15, -0.1) is 0 Å². The maximum Gasteiger partial charge on any atom is 0.387 e. The zero-order chi connectivity index (χ0) is 13.8. The largest absolute Gasteiger partial charge is 0.435 e. The highest BCUT2D eigenvalue weighted by molar-refractivity contribution is 5.42. The van der Waals surface area contributed by atoms with Gasteiger partial charge in [-0.25, -0.2) is 0 Å². The van der Waals surface area contributed by atoms with Crippen molar-refractivity contribution in [2.24, 2.45) is 7.05 Å². The second kappa shape index (κ2) is 5.69. The van der Waals surface area contributed by atoms with Crippen molar-refractivity contribution in [1.29, 1.82) is 0 Å². The van der Waals surface area contributed by atoms with Crippen LogP contribution in [0.2, 0.25) is 0 Å². The second-order valence-electron chi connectivity index (χ2n) is 4.22. The molecule has 4 nitrogen and oxygen atoms in total. The molecule has 2 rings (SSSR count). The molecule has 0 aliphatic rings. The monoisotopic (exact) mass is 267 g/mol. The van der Waals surface area contributed by atoms with E-state index in [-0.39, 0.29) is 11.8 Å². The van der Waals surface area contributed by atoms with Crippen LogP contribution in [0.1, 0.15) is 18.5 Å². The van der Waals surface area contributed by atoms with E-state index in [1.165, 1.54) is 6.07 Å². The van der Waals surface area contributed by atoms with Gasteiger partial charge in [0.15, 0.2) is 0 Å². The van der Waals surface area contributed by atoms with Crippen LogP contribution in [0.15, 0.2) is 36.7 Å². The predicted octanol–water partition coefficient (Wildman–Crippen LogP) is 3.19. The third-order valence-corrected chi connectivity index (χ3v) is 2.67. The summed E-state index contributed by atoms with van der Waals surface area (Å²) in [5.74, 6) is 0.160. The first-order valence-electron chi connectivity index (χ1n) is 5.84. The van der Waals surface area contributed by atoms with Gasteiger partial charge in [-0.2, -0.15) is 13.9 Å². The zero-order valence-corrected chi connectivity index (χ0v) is 10.7. The van der Waals surface area contributed by atoms with Crippen molar-refractivity contribution >= 4 is 5.69 Å². The Morgan fingerprint density at radius 2 is 2.16 bits per heavy atom. The zero-order valence-electron chi connectivity index (χ0n) is 10.7. The van der Waals surface area contributed by atoms with Crippen LogP contribution < -0.4 is 10.1 Å². The lowest BCUT2D eigenvalue weighted by Crippen LogP contribution is -2.07. The quantitative estimate of drug-likeness (QED) is 0.904. The average molecular weight is 267 g/mol. The summed E-state index contributed by atoms with van der Waals surface area (Å²) in [6.07, 6.45) is 3.55. The molecule has 0 fully saturated rings. The minimum atomic E-state index is -2.81. The Labute approximate surface area is 110 Å². The lowest BCUT2D eigenvalue weighted by atomic mass is 10.1. The van der Waals surface area contributed by atoms with Crippen LogP contribution in [-0.4, -0.2) is 16.4 Å². The normalized spacial score (nSPS) is 12.5. The molecule has 102 valence electrons. The highest BCUT2D eigenvalue weighted by Crippen LogP contribution is 2.23. The first-order chi connectivity index (χ1) is 9.04. The lowest BCUT2D eigenvalue weighted by Gasteiger charge is -2.15. The highest BCUT2D eigenvalue weighted by atomic mass is 19.3. The number of nitrogens with one attached hydrogen (secondary N) is 1. The molecule has 1 aromatic carbocycles. The molecule has 1 unspecified atom stereocenters. The van der Waals surface area contributed by atoms with E-state index in [0.29, 0.717) is 0 Å². The fourth-order valence-corrected chi connectivity index (χ4v) is 1.79. The molecule has 1 heterocycles. The van der Waals surface area contributed by atoms with Gasteiger partial charge >= 0.3 is 6.61 Å². The summed E-state index contributed by atoms with van der Waals surface area (Å²) in [6.45, 7) is -0.870. The van der Waals surface area contributed by atoms with E-state index in [4.69, 9.17) is 0 Å². The molecule has 0 saturated carbocycles. The van der Waals surface area contributed by atoms with Crippen molar-refractivity contribution in [2.75, 3.05) is 5.32 Å². The van der Waals surface area contributed by atoms with Gasteiger partial charge in [0.25, 0.3) is 0 Å². The van der Waals surface area contributed by atoms with Crippen LogP contribution in [0.5, 0.6) is 5.75 Å². The fourth-order valence-electron chi connectivity index (χ4n) is 1.79. The minimum absolute atomic E-state index is 0.0366. The molecule has 0 saturated heterocycles. The first-order valence-corrected chi connectivity index (χ1v) is 5.84. The number of benzene rings is 1. The standard InChI is InChI=1S/C13H15F2N3O/c1-9(17-11-7-16-18(2)8-11)10-4-3-5-12(6-10)19-13(14)15/h3-9,13,17H,1-2H3. The van der Waals surface area contributed by atoms with Crippen molar-refractivity contribution in [3.63, 3.8) is 0 Å². The summed E-state index contributed by atoms with van der Waals surface area (Å²) in [4.78, 5) is 0. The SMILES string of the molecule is CC(Nc1cnn(C)c1)c1cccc(OC(F)F)c1. The third-order valence-electron chi connectivity index (χ3n) is 2.67. The number of rotatable bonds is 5. The molecular weight excluding hydrogens is 252 g/mol. The lowest BCUT2D eigenvalue weighted by molar-refractivity contribution is -0.0498. The molecule has 0 aliphatic carbocycles. The number of ether oxygens (including phenoxy) is 1. The number of aromatic nitrogens is 2. The van der Waals surface area contributed by atoms with E-state index in [0.717, 1.165) is 11.3 Å². The third kappa shape index (κ3) is 3.67. The average Bonchev–Trinajstić information content (AvgIpc) is 2.74. The Balaban J connectivity index is 2.08. The number of hydrogen-bond acceptors (Lipinski definition) is 3. The van der Waals surface area contributed by atoms with Crippen molar-refractivity contribution in [2.45, 2.75) is 19.6 Å². The molecule has 0 spiro atoms. The Hall–Kier alpha value is -2.11. The number of alkyl halides is 2. The van der Waals surface area contributed by atoms with E-state index >= 15 is 0 Å². The summed E-state index contributed by atoms with van der Waals surface area (Å²) in [5.41, 5.74) is 1.73. The van der Waals surface area contributed by atoms with Gasteiger partial charge < -0.3 is 10.1 Å². The number of halogens is 2. The van der Waals surface area contributed by atoms with Gasteiger partial charge in [-0.3, -0.25) is 4.68 Å². The van der Waals surface area contributed by atoms with E-state index in [1.807, 2.05) is 26.2 Å². The van der Waals surface area contributed by atoms with Crippen LogP contribution in [0.25, 0.3) is 0 Å². The van der Waals surface area contributed by atoms with E-state index in [1.54, 1.807) is 23.0 Å². The van der Waals surface area contributed by atoms with Crippen molar-refractivity contribution in [1.82, 2.24) is 9.78 Å². The second-order valence-corrected chi connectivity index (χ2v) is 4.22. The Kier molecular flexibility index (Phi) is 3.99. The van der Waals surface area contributed by atoms with Crippen LogP contribution in [0.3, 0.4) is 0 Å². The number of nitrogens with zero attached hydrogens (tertiary/aromatic N) is 2. The van der Waals surface area contributed by atoms with Gasteiger partial charge in [0, 0.05) is 19.3 Å². The van der Waals surface area contributed by atoms with Gasteiger partial charge in [-0.05, 0) is 24.6 Å². The molecule has 0 amide bonds. The summed E-state index contributed by atoms with van der Waals surface area (Å²) in [7, 11) is 1.83. The molecule has 0 bridgehead atoms. The summed E-state index contributed by atoms with van der Waals surface area (Å²) < 4.78 is 30.4. The van der Waals surface area contributed by atoms with Gasteiger partial charge in [0.05, 0.1) is 11.9 Å². The molecule has 2 aromatic rings. The smallest absolute Gasteiger partial charge is 0.387 e. The van der Waals surface area contributed by atoms with Crippen molar-refractivity contribution < 1.29 is 13.5 Å². The molecule has 6 heteroatoms. The fraction of sp³-hybridized carbons (Fsp3) is 0.308. The molecule has 1 atom stereocenters. The maximum absolute atomic E-state index is 12.2. The molecular formula is C13H15F2N3O. The highest BCUT2D eigenvalue weighted by Gasteiger charge is 2.09. The first kappa shape index (κ1) is 13.3. The Morgan fingerprint density at radius 1 is 1.37 bits per heavy atom. The van der Waals surface area contributed by atoms with Crippen LogP contribution in [-0.2, 0) is 7.05 Å². The molecule has 19 heavy (non-hydrogen) atoms. The van der Waals surface area contributed by atoms with Gasteiger partial charge in [0.2, 0.25) is 0 Å².